The first-order valence-electron chi connectivity index (χ1n) is 9.11. The SMILES string of the molecule is CC(C)CN1C(=O)NC(=O)C12CCN(c1ccc(CS(C)(=O)=O)cn1)CC2. The average Bonchev–Trinajstić information content (AvgIpc) is 2.79. The van der Waals surface area contributed by atoms with Crippen LogP contribution in [0.2, 0.25) is 0 Å². The van der Waals surface area contributed by atoms with Crippen LogP contribution in [0.15, 0.2) is 18.3 Å². The van der Waals surface area contributed by atoms with E-state index < -0.39 is 15.4 Å². The van der Waals surface area contributed by atoms with E-state index in [4.69, 9.17) is 0 Å². The Balaban J connectivity index is 1.71. The number of nitrogens with one attached hydrogen (secondary N) is 1. The number of anilines is 1. The van der Waals surface area contributed by atoms with Crippen molar-refractivity contribution in [3.8, 4) is 0 Å². The predicted octanol–water partition coefficient (Wildman–Crippen LogP) is 1.17. The Kier molecular flexibility index (Phi) is 5.16. The molecule has 1 N–H and O–H groups in total. The van der Waals surface area contributed by atoms with Gasteiger partial charge in [0.2, 0.25) is 0 Å². The molecule has 0 radical (unpaired) electrons. The van der Waals surface area contributed by atoms with E-state index in [0.717, 1.165) is 5.82 Å². The Morgan fingerprint density at radius 2 is 1.89 bits per heavy atom. The highest BCUT2D eigenvalue weighted by molar-refractivity contribution is 7.89. The lowest BCUT2D eigenvalue weighted by Gasteiger charge is -2.43. The number of rotatable bonds is 5. The lowest BCUT2D eigenvalue weighted by atomic mass is 9.85. The van der Waals surface area contributed by atoms with Crippen molar-refractivity contribution in [2.75, 3.05) is 30.8 Å². The minimum Gasteiger partial charge on any atom is -0.356 e. The highest BCUT2D eigenvalue weighted by Crippen LogP contribution is 2.35. The van der Waals surface area contributed by atoms with Crippen LogP contribution in [0.3, 0.4) is 0 Å². The molecule has 0 atom stereocenters. The highest BCUT2D eigenvalue weighted by atomic mass is 32.2. The molecule has 2 fully saturated rings. The number of amides is 3. The molecule has 1 aromatic heterocycles. The second-order valence-electron chi connectivity index (χ2n) is 7.88. The lowest BCUT2D eigenvalue weighted by Crippen LogP contribution is -2.57. The molecule has 8 nitrogen and oxygen atoms in total. The number of carbonyl (C=O) groups excluding carboxylic acids is 2. The molecule has 148 valence electrons. The third-order valence-electron chi connectivity index (χ3n) is 5.11. The molecule has 1 spiro atoms. The van der Waals surface area contributed by atoms with Gasteiger partial charge in [-0.1, -0.05) is 19.9 Å². The van der Waals surface area contributed by atoms with Crippen LogP contribution in [0.25, 0.3) is 0 Å². The molecule has 0 saturated carbocycles. The van der Waals surface area contributed by atoms with E-state index >= 15 is 0 Å². The van der Waals surface area contributed by atoms with E-state index in [1.807, 2.05) is 19.9 Å². The number of imide groups is 1. The fourth-order valence-corrected chi connectivity index (χ4v) is 4.59. The molecule has 2 saturated heterocycles. The number of urea groups is 1. The van der Waals surface area contributed by atoms with E-state index in [9.17, 15) is 18.0 Å². The number of carbonyl (C=O) groups is 2. The molecular weight excluding hydrogens is 368 g/mol. The number of hydrogen-bond acceptors (Lipinski definition) is 6. The zero-order chi connectivity index (χ0) is 19.8. The zero-order valence-corrected chi connectivity index (χ0v) is 16.8. The van der Waals surface area contributed by atoms with Gasteiger partial charge in [0.15, 0.2) is 9.84 Å². The third-order valence-corrected chi connectivity index (χ3v) is 5.96. The Bertz CT molecular complexity index is 827. The van der Waals surface area contributed by atoms with Gasteiger partial charge in [0.25, 0.3) is 5.91 Å². The van der Waals surface area contributed by atoms with Gasteiger partial charge >= 0.3 is 6.03 Å². The Hall–Kier alpha value is -2.16. The molecule has 2 aliphatic heterocycles. The molecule has 0 aliphatic carbocycles. The van der Waals surface area contributed by atoms with Crippen molar-refractivity contribution in [1.29, 1.82) is 0 Å². The van der Waals surface area contributed by atoms with E-state index in [2.05, 4.69) is 15.2 Å². The first kappa shape index (κ1) is 19.6. The molecular formula is C18H26N4O4S. The minimum atomic E-state index is -3.09. The van der Waals surface area contributed by atoms with E-state index in [1.165, 1.54) is 6.26 Å². The predicted molar refractivity (Wildman–Crippen MR) is 102 cm³/mol. The number of nitrogens with zero attached hydrogens (tertiary/aromatic N) is 3. The number of pyridine rings is 1. The molecule has 9 heteroatoms. The summed E-state index contributed by atoms with van der Waals surface area (Å²) < 4.78 is 22.8. The maximum absolute atomic E-state index is 12.5. The van der Waals surface area contributed by atoms with Crippen molar-refractivity contribution in [3.63, 3.8) is 0 Å². The fraction of sp³-hybridized carbons (Fsp3) is 0.611. The summed E-state index contributed by atoms with van der Waals surface area (Å²) in [7, 11) is -3.09. The normalized spacial score (nSPS) is 19.9. The number of aromatic nitrogens is 1. The van der Waals surface area contributed by atoms with E-state index in [1.54, 1.807) is 17.2 Å². The summed E-state index contributed by atoms with van der Waals surface area (Å²) in [5.74, 6) is 0.794. The van der Waals surface area contributed by atoms with E-state index in [-0.39, 0.29) is 23.6 Å². The van der Waals surface area contributed by atoms with Crippen LogP contribution in [-0.4, -0.2) is 61.7 Å². The second kappa shape index (κ2) is 7.10. The average molecular weight is 394 g/mol. The van der Waals surface area contributed by atoms with Gasteiger partial charge in [0, 0.05) is 32.1 Å². The summed E-state index contributed by atoms with van der Waals surface area (Å²) in [6.45, 7) is 5.82. The quantitative estimate of drug-likeness (QED) is 0.753. The standard InChI is InChI=1S/C18H26N4O4S/c1-13(2)11-22-17(24)20-16(23)18(22)6-8-21(9-7-18)15-5-4-14(10-19-15)12-27(3,25)26/h4-5,10,13H,6-9,11-12H2,1-3H3,(H,20,23,24). The summed E-state index contributed by atoms with van der Waals surface area (Å²) in [5, 5.41) is 2.47. The van der Waals surface area contributed by atoms with Crippen molar-refractivity contribution < 1.29 is 18.0 Å². The summed E-state index contributed by atoms with van der Waals surface area (Å²) in [6, 6.07) is 3.28. The summed E-state index contributed by atoms with van der Waals surface area (Å²) in [5.41, 5.74) is -0.118. The zero-order valence-electron chi connectivity index (χ0n) is 15.9. The van der Waals surface area contributed by atoms with Crippen LogP contribution in [0, 0.1) is 5.92 Å². The van der Waals surface area contributed by atoms with Crippen LogP contribution < -0.4 is 10.2 Å². The topological polar surface area (TPSA) is 99.7 Å². The van der Waals surface area contributed by atoms with Gasteiger partial charge in [0.1, 0.15) is 11.4 Å². The van der Waals surface area contributed by atoms with Gasteiger partial charge in [-0.2, -0.15) is 0 Å². The Morgan fingerprint density at radius 3 is 2.41 bits per heavy atom. The molecule has 0 unspecified atom stereocenters. The monoisotopic (exact) mass is 394 g/mol. The summed E-state index contributed by atoms with van der Waals surface area (Å²) in [6.07, 6.45) is 3.87. The van der Waals surface area contributed by atoms with Gasteiger partial charge in [-0.05, 0) is 30.4 Å². The molecule has 3 amide bonds. The van der Waals surface area contributed by atoms with Gasteiger partial charge in [-0.15, -0.1) is 0 Å². The minimum absolute atomic E-state index is 0.0319. The van der Waals surface area contributed by atoms with Gasteiger partial charge in [0.05, 0.1) is 5.75 Å². The first-order valence-corrected chi connectivity index (χ1v) is 11.2. The van der Waals surface area contributed by atoms with Crippen molar-refractivity contribution in [2.24, 2.45) is 5.92 Å². The van der Waals surface area contributed by atoms with Crippen molar-refractivity contribution in [3.05, 3.63) is 23.9 Å². The molecule has 27 heavy (non-hydrogen) atoms. The van der Waals surface area contributed by atoms with Crippen molar-refractivity contribution >= 4 is 27.6 Å². The van der Waals surface area contributed by atoms with Crippen LogP contribution >= 0.6 is 0 Å². The second-order valence-corrected chi connectivity index (χ2v) is 10.0. The van der Waals surface area contributed by atoms with Crippen LogP contribution in [-0.2, 0) is 20.4 Å². The van der Waals surface area contributed by atoms with E-state index in [0.29, 0.717) is 38.0 Å². The van der Waals surface area contributed by atoms with Gasteiger partial charge < -0.3 is 9.80 Å². The lowest BCUT2D eigenvalue weighted by molar-refractivity contribution is -0.127. The maximum atomic E-state index is 12.5. The number of sulfone groups is 1. The van der Waals surface area contributed by atoms with Gasteiger partial charge in [-0.3, -0.25) is 10.1 Å². The van der Waals surface area contributed by atoms with Crippen LogP contribution in [0.5, 0.6) is 0 Å². The first-order chi connectivity index (χ1) is 12.6. The van der Waals surface area contributed by atoms with Crippen molar-refractivity contribution in [1.82, 2.24) is 15.2 Å². The number of hydrogen-bond donors (Lipinski definition) is 1. The smallest absolute Gasteiger partial charge is 0.325 e. The molecule has 1 aromatic rings. The summed E-state index contributed by atoms with van der Waals surface area (Å²) >= 11 is 0. The molecule has 0 aromatic carbocycles. The Labute approximate surface area is 159 Å². The largest absolute Gasteiger partial charge is 0.356 e. The van der Waals surface area contributed by atoms with Crippen LogP contribution in [0.4, 0.5) is 10.6 Å². The fourth-order valence-electron chi connectivity index (χ4n) is 3.82. The van der Waals surface area contributed by atoms with Crippen LogP contribution in [0.1, 0.15) is 32.3 Å². The Morgan fingerprint density at radius 1 is 1.22 bits per heavy atom. The van der Waals surface area contributed by atoms with Gasteiger partial charge in [-0.25, -0.2) is 18.2 Å². The highest BCUT2D eigenvalue weighted by Gasteiger charge is 2.53. The molecule has 0 bridgehead atoms. The molecule has 3 rings (SSSR count). The molecule has 3 heterocycles. The van der Waals surface area contributed by atoms with Crippen molar-refractivity contribution in [2.45, 2.75) is 38.0 Å². The third kappa shape index (κ3) is 4.07. The number of piperidine rings is 1. The maximum Gasteiger partial charge on any atom is 0.325 e. The summed E-state index contributed by atoms with van der Waals surface area (Å²) in [4.78, 5) is 32.9. The molecule has 2 aliphatic rings.